The molecule has 0 unspecified atom stereocenters. The molecule has 120 valence electrons. The van der Waals surface area contributed by atoms with E-state index in [2.05, 4.69) is 6.07 Å². The molecule has 0 radical (unpaired) electrons. The maximum Gasteiger partial charge on any atom is 0.162 e. The summed E-state index contributed by atoms with van der Waals surface area (Å²) in [6.45, 7) is 3.23. The third-order valence-corrected chi connectivity index (χ3v) is 3.04. The topological polar surface area (TPSA) is 60.7 Å². The lowest BCUT2D eigenvalue weighted by Crippen LogP contribution is -2.10. The van der Waals surface area contributed by atoms with E-state index in [1.54, 1.807) is 18.2 Å². The number of hydrogen-bond donors (Lipinski definition) is 0. The lowest BCUT2D eigenvalue weighted by molar-refractivity contribution is 0.203. The molecular formula is C18H19NO4. The van der Waals surface area contributed by atoms with Crippen LogP contribution >= 0.6 is 0 Å². The molecule has 2 rings (SSSR count). The van der Waals surface area contributed by atoms with Crippen LogP contribution in [0.1, 0.15) is 12.5 Å². The molecule has 5 nitrogen and oxygen atoms in total. The van der Waals surface area contributed by atoms with Gasteiger partial charge in [0.1, 0.15) is 13.2 Å². The fraction of sp³-hybridized carbons (Fsp3) is 0.278. The monoisotopic (exact) mass is 313 g/mol. The number of nitrogens with zero attached hydrogens (tertiary/aromatic N) is 1. The molecular weight excluding hydrogens is 294 g/mol. The molecule has 0 amide bonds. The van der Waals surface area contributed by atoms with Gasteiger partial charge < -0.3 is 18.9 Å². The molecule has 0 aliphatic rings. The van der Waals surface area contributed by atoms with E-state index in [0.29, 0.717) is 48.4 Å². The van der Waals surface area contributed by atoms with Gasteiger partial charge in [-0.05, 0) is 31.2 Å². The predicted octanol–water partition coefficient (Wildman–Crippen LogP) is 3.42. The average Bonchev–Trinajstić information content (AvgIpc) is 2.60. The molecule has 0 heterocycles. The Morgan fingerprint density at radius 1 is 0.870 bits per heavy atom. The maximum absolute atomic E-state index is 8.88. The first-order valence-corrected chi connectivity index (χ1v) is 7.34. The van der Waals surface area contributed by atoms with Crippen LogP contribution in [0.15, 0.2) is 42.5 Å². The molecule has 0 saturated heterocycles. The normalized spacial score (nSPS) is 9.78. The summed E-state index contributed by atoms with van der Waals surface area (Å²) in [5.41, 5.74) is 0.524. The Balaban J connectivity index is 1.90. The number of hydrogen-bond acceptors (Lipinski definition) is 5. The zero-order chi connectivity index (χ0) is 16.5. The van der Waals surface area contributed by atoms with Crippen molar-refractivity contribution in [2.75, 3.05) is 26.9 Å². The molecule has 0 saturated carbocycles. The van der Waals surface area contributed by atoms with Crippen molar-refractivity contribution in [1.29, 1.82) is 5.26 Å². The Morgan fingerprint density at radius 2 is 1.48 bits per heavy atom. The molecule has 5 heteroatoms. The van der Waals surface area contributed by atoms with E-state index in [0.717, 1.165) is 0 Å². The predicted molar refractivity (Wildman–Crippen MR) is 86.3 cm³/mol. The van der Waals surface area contributed by atoms with Gasteiger partial charge in [-0.3, -0.25) is 0 Å². The number of rotatable bonds is 8. The number of para-hydroxylation sites is 2. The highest BCUT2D eigenvalue weighted by Gasteiger charge is 2.07. The Bertz CT molecular complexity index is 679. The number of ether oxygens (including phenoxy) is 4. The molecule has 2 aromatic rings. The van der Waals surface area contributed by atoms with Crippen molar-refractivity contribution >= 4 is 0 Å². The number of methoxy groups -OCH3 is 1. The van der Waals surface area contributed by atoms with Gasteiger partial charge in [-0.2, -0.15) is 5.26 Å². The molecule has 0 spiro atoms. The zero-order valence-corrected chi connectivity index (χ0v) is 13.2. The van der Waals surface area contributed by atoms with Gasteiger partial charge in [-0.1, -0.05) is 12.1 Å². The standard InChI is InChI=1S/C18H19NO4/c1-3-21-15-6-4-5-7-16(15)22-10-11-23-17-9-8-14(13-19)12-18(17)20-2/h4-9,12H,3,10-11H2,1-2H3. The third-order valence-electron chi connectivity index (χ3n) is 3.04. The molecule has 0 fully saturated rings. The minimum Gasteiger partial charge on any atom is -0.493 e. The summed E-state index contributed by atoms with van der Waals surface area (Å²) in [6, 6.07) is 14.6. The van der Waals surface area contributed by atoms with Crippen LogP contribution < -0.4 is 18.9 Å². The first-order valence-electron chi connectivity index (χ1n) is 7.34. The molecule has 0 aromatic heterocycles. The van der Waals surface area contributed by atoms with Crippen molar-refractivity contribution < 1.29 is 18.9 Å². The highest BCUT2D eigenvalue weighted by atomic mass is 16.5. The maximum atomic E-state index is 8.88. The Hall–Kier alpha value is -2.87. The van der Waals surface area contributed by atoms with Gasteiger partial charge in [0.2, 0.25) is 0 Å². The van der Waals surface area contributed by atoms with Gasteiger partial charge in [0.05, 0.1) is 25.3 Å². The molecule has 0 N–H and O–H groups in total. The third kappa shape index (κ3) is 4.55. The van der Waals surface area contributed by atoms with Crippen LogP contribution in [-0.4, -0.2) is 26.9 Å². The summed E-state index contributed by atoms with van der Waals surface area (Å²) in [4.78, 5) is 0. The fourth-order valence-electron chi connectivity index (χ4n) is 2.00. The largest absolute Gasteiger partial charge is 0.493 e. The van der Waals surface area contributed by atoms with E-state index < -0.39 is 0 Å². The van der Waals surface area contributed by atoms with E-state index in [1.807, 2.05) is 31.2 Å². The van der Waals surface area contributed by atoms with Crippen molar-refractivity contribution in [2.45, 2.75) is 6.92 Å². The summed E-state index contributed by atoms with van der Waals surface area (Å²) >= 11 is 0. The molecule has 23 heavy (non-hydrogen) atoms. The molecule has 0 aliphatic heterocycles. The first-order chi connectivity index (χ1) is 11.3. The van der Waals surface area contributed by atoms with Gasteiger partial charge in [0, 0.05) is 6.07 Å². The second-order valence-corrected chi connectivity index (χ2v) is 4.55. The van der Waals surface area contributed by atoms with Crippen molar-refractivity contribution in [2.24, 2.45) is 0 Å². The summed E-state index contributed by atoms with van der Waals surface area (Å²) < 4.78 is 22.1. The smallest absolute Gasteiger partial charge is 0.162 e. The highest BCUT2D eigenvalue weighted by Crippen LogP contribution is 2.28. The van der Waals surface area contributed by atoms with Gasteiger partial charge >= 0.3 is 0 Å². The SMILES string of the molecule is CCOc1ccccc1OCCOc1ccc(C#N)cc1OC. The zero-order valence-electron chi connectivity index (χ0n) is 13.2. The summed E-state index contributed by atoms with van der Waals surface area (Å²) in [6.07, 6.45) is 0. The van der Waals surface area contributed by atoms with E-state index in [4.69, 9.17) is 24.2 Å². The minimum atomic E-state index is 0.350. The van der Waals surface area contributed by atoms with Gasteiger partial charge in [0.15, 0.2) is 23.0 Å². The lowest BCUT2D eigenvalue weighted by Gasteiger charge is -2.13. The second-order valence-electron chi connectivity index (χ2n) is 4.55. The van der Waals surface area contributed by atoms with Crippen molar-refractivity contribution in [3.8, 4) is 29.1 Å². The lowest BCUT2D eigenvalue weighted by atomic mass is 10.2. The summed E-state index contributed by atoms with van der Waals surface area (Å²) in [5, 5.41) is 8.88. The van der Waals surface area contributed by atoms with Crippen LogP contribution in [0.25, 0.3) is 0 Å². The van der Waals surface area contributed by atoms with E-state index >= 15 is 0 Å². The molecule has 0 atom stereocenters. The Labute approximate surface area is 136 Å². The van der Waals surface area contributed by atoms with E-state index in [1.165, 1.54) is 7.11 Å². The summed E-state index contributed by atoms with van der Waals surface area (Å²) in [5.74, 6) is 2.50. The van der Waals surface area contributed by atoms with Gasteiger partial charge in [-0.15, -0.1) is 0 Å². The summed E-state index contributed by atoms with van der Waals surface area (Å²) in [7, 11) is 1.54. The second kappa shape index (κ2) is 8.54. The number of benzene rings is 2. The van der Waals surface area contributed by atoms with Gasteiger partial charge in [-0.25, -0.2) is 0 Å². The number of nitriles is 1. The quantitative estimate of drug-likeness (QED) is 0.699. The average molecular weight is 313 g/mol. The van der Waals surface area contributed by atoms with E-state index in [9.17, 15) is 0 Å². The van der Waals surface area contributed by atoms with E-state index in [-0.39, 0.29) is 0 Å². The van der Waals surface area contributed by atoms with Crippen molar-refractivity contribution in [1.82, 2.24) is 0 Å². The molecule has 2 aromatic carbocycles. The van der Waals surface area contributed by atoms with Crippen LogP contribution in [0.4, 0.5) is 0 Å². The highest BCUT2D eigenvalue weighted by molar-refractivity contribution is 5.46. The van der Waals surface area contributed by atoms with Crippen LogP contribution in [0, 0.1) is 11.3 Å². The Kier molecular flexibility index (Phi) is 6.13. The van der Waals surface area contributed by atoms with Gasteiger partial charge in [0.25, 0.3) is 0 Å². The van der Waals surface area contributed by atoms with Crippen LogP contribution in [0.2, 0.25) is 0 Å². The molecule has 0 bridgehead atoms. The first kappa shape index (κ1) is 16.5. The van der Waals surface area contributed by atoms with Crippen molar-refractivity contribution in [3.63, 3.8) is 0 Å². The van der Waals surface area contributed by atoms with Crippen LogP contribution in [0.3, 0.4) is 0 Å². The fourth-order valence-corrected chi connectivity index (χ4v) is 2.00. The van der Waals surface area contributed by atoms with Crippen LogP contribution in [0.5, 0.6) is 23.0 Å². The van der Waals surface area contributed by atoms with Crippen molar-refractivity contribution in [3.05, 3.63) is 48.0 Å². The van der Waals surface area contributed by atoms with Crippen LogP contribution in [-0.2, 0) is 0 Å². The Morgan fingerprint density at radius 3 is 2.04 bits per heavy atom. The molecule has 0 aliphatic carbocycles. The minimum absolute atomic E-state index is 0.350.